The van der Waals surface area contributed by atoms with Crippen molar-refractivity contribution in [2.45, 2.75) is 52.9 Å². The Bertz CT molecular complexity index is 1060. The van der Waals surface area contributed by atoms with Gasteiger partial charge in [0.1, 0.15) is 0 Å². The number of benzene rings is 3. The van der Waals surface area contributed by atoms with E-state index in [0.717, 1.165) is 5.56 Å². The zero-order valence-electron chi connectivity index (χ0n) is 16.5. The number of carboxylic acids is 1. The number of carboxylic acid groups (broad SMARTS) is 1. The SMILES string of the molecule is Cc1c(-c2ccc(C(=O)O)cc2)c(C)c2cc3c(cc2c1C)C(C)CCC3. The Morgan fingerprint density at radius 1 is 0.963 bits per heavy atom. The lowest BCUT2D eigenvalue weighted by atomic mass is 9.79. The summed E-state index contributed by atoms with van der Waals surface area (Å²) in [5.74, 6) is -0.244. The highest BCUT2D eigenvalue weighted by Gasteiger charge is 2.20. The predicted molar refractivity (Wildman–Crippen MR) is 112 cm³/mol. The molecule has 0 amide bonds. The van der Waals surface area contributed by atoms with Gasteiger partial charge in [0.15, 0.2) is 0 Å². The molecule has 0 saturated heterocycles. The van der Waals surface area contributed by atoms with Crippen LogP contribution < -0.4 is 0 Å². The highest BCUT2D eigenvalue weighted by Crippen LogP contribution is 2.40. The van der Waals surface area contributed by atoms with E-state index in [1.54, 1.807) is 12.1 Å². The molecule has 1 N–H and O–H groups in total. The van der Waals surface area contributed by atoms with Gasteiger partial charge in [-0.1, -0.05) is 31.2 Å². The fourth-order valence-corrected chi connectivity index (χ4v) is 4.73. The van der Waals surface area contributed by atoms with Crippen LogP contribution in [0.2, 0.25) is 0 Å². The van der Waals surface area contributed by atoms with Gasteiger partial charge in [0.05, 0.1) is 5.56 Å². The van der Waals surface area contributed by atoms with E-state index in [-0.39, 0.29) is 0 Å². The first-order chi connectivity index (χ1) is 12.9. The average Bonchev–Trinajstić information content (AvgIpc) is 2.66. The van der Waals surface area contributed by atoms with E-state index in [1.165, 1.54) is 63.4 Å². The Labute approximate surface area is 160 Å². The van der Waals surface area contributed by atoms with Gasteiger partial charge in [-0.3, -0.25) is 0 Å². The second-order valence-electron chi connectivity index (χ2n) is 8.02. The highest BCUT2D eigenvalue weighted by molar-refractivity contribution is 5.97. The van der Waals surface area contributed by atoms with E-state index in [9.17, 15) is 9.90 Å². The molecule has 4 rings (SSSR count). The Balaban J connectivity index is 1.97. The third-order valence-corrected chi connectivity index (χ3v) is 6.43. The Morgan fingerprint density at radius 3 is 2.30 bits per heavy atom. The molecule has 3 aromatic carbocycles. The first-order valence-electron chi connectivity index (χ1n) is 9.78. The van der Waals surface area contributed by atoms with Gasteiger partial charge in [0.2, 0.25) is 0 Å². The van der Waals surface area contributed by atoms with Crippen LogP contribution in [0, 0.1) is 20.8 Å². The summed E-state index contributed by atoms with van der Waals surface area (Å²) in [6.07, 6.45) is 3.72. The predicted octanol–water partition coefficient (Wildman–Crippen LogP) is 6.57. The van der Waals surface area contributed by atoms with Gasteiger partial charge in [-0.25, -0.2) is 4.79 Å². The van der Waals surface area contributed by atoms with Crippen molar-refractivity contribution in [2.75, 3.05) is 0 Å². The molecule has 0 radical (unpaired) electrons. The summed E-state index contributed by atoms with van der Waals surface area (Å²) in [5, 5.41) is 11.9. The molecule has 2 nitrogen and oxygen atoms in total. The van der Waals surface area contributed by atoms with Gasteiger partial charge in [-0.15, -0.1) is 0 Å². The first kappa shape index (κ1) is 17.8. The molecule has 0 aromatic heterocycles. The summed E-state index contributed by atoms with van der Waals surface area (Å²) in [5.41, 5.74) is 9.58. The van der Waals surface area contributed by atoms with Gasteiger partial charge >= 0.3 is 5.97 Å². The van der Waals surface area contributed by atoms with Gasteiger partial charge in [-0.05, 0) is 108 Å². The monoisotopic (exact) mass is 358 g/mol. The van der Waals surface area contributed by atoms with Crippen LogP contribution in [-0.4, -0.2) is 11.1 Å². The van der Waals surface area contributed by atoms with Gasteiger partial charge < -0.3 is 5.11 Å². The maximum atomic E-state index is 11.2. The number of hydrogen-bond acceptors (Lipinski definition) is 1. The lowest BCUT2D eigenvalue weighted by Crippen LogP contribution is -2.08. The van der Waals surface area contributed by atoms with Gasteiger partial charge in [0.25, 0.3) is 0 Å². The van der Waals surface area contributed by atoms with E-state index in [2.05, 4.69) is 39.8 Å². The second-order valence-corrected chi connectivity index (χ2v) is 8.02. The first-order valence-corrected chi connectivity index (χ1v) is 9.78. The lowest BCUT2D eigenvalue weighted by molar-refractivity contribution is 0.0697. The molecule has 1 atom stereocenters. The van der Waals surface area contributed by atoms with E-state index in [0.29, 0.717) is 11.5 Å². The van der Waals surface area contributed by atoms with Crippen molar-refractivity contribution in [2.24, 2.45) is 0 Å². The molecule has 138 valence electrons. The molecule has 27 heavy (non-hydrogen) atoms. The van der Waals surface area contributed by atoms with E-state index in [1.807, 2.05) is 12.1 Å². The van der Waals surface area contributed by atoms with E-state index in [4.69, 9.17) is 0 Å². The van der Waals surface area contributed by atoms with Crippen molar-refractivity contribution in [1.82, 2.24) is 0 Å². The summed E-state index contributed by atoms with van der Waals surface area (Å²) < 4.78 is 0. The summed E-state index contributed by atoms with van der Waals surface area (Å²) in [4.78, 5) is 11.2. The molecule has 0 heterocycles. The highest BCUT2D eigenvalue weighted by atomic mass is 16.4. The van der Waals surface area contributed by atoms with Crippen LogP contribution in [-0.2, 0) is 6.42 Å². The largest absolute Gasteiger partial charge is 0.478 e. The van der Waals surface area contributed by atoms with Crippen molar-refractivity contribution < 1.29 is 9.90 Å². The van der Waals surface area contributed by atoms with Crippen molar-refractivity contribution in [3.63, 3.8) is 0 Å². The van der Waals surface area contributed by atoms with Crippen LogP contribution in [0.25, 0.3) is 21.9 Å². The number of hydrogen-bond donors (Lipinski definition) is 1. The Morgan fingerprint density at radius 2 is 1.63 bits per heavy atom. The van der Waals surface area contributed by atoms with E-state index < -0.39 is 5.97 Å². The van der Waals surface area contributed by atoms with Crippen molar-refractivity contribution in [3.8, 4) is 11.1 Å². The molecule has 1 aliphatic carbocycles. The molecule has 3 aromatic rings. The smallest absolute Gasteiger partial charge is 0.335 e. The molecule has 1 unspecified atom stereocenters. The topological polar surface area (TPSA) is 37.3 Å². The fourth-order valence-electron chi connectivity index (χ4n) is 4.73. The number of aryl methyl sites for hydroxylation is 3. The fraction of sp³-hybridized carbons (Fsp3) is 0.320. The Kier molecular flexibility index (Phi) is 4.30. The van der Waals surface area contributed by atoms with Crippen LogP contribution in [0.1, 0.15) is 63.9 Å². The Hall–Kier alpha value is -2.61. The zero-order valence-corrected chi connectivity index (χ0v) is 16.5. The number of aromatic carboxylic acids is 1. The van der Waals surface area contributed by atoms with Crippen molar-refractivity contribution in [1.29, 1.82) is 0 Å². The van der Waals surface area contributed by atoms with E-state index >= 15 is 0 Å². The molecule has 1 aliphatic rings. The minimum Gasteiger partial charge on any atom is -0.478 e. The van der Waals surface area contributed by atoms with Gasteiger partial charge in [0, 0.05) is 0 Å². The average molecular weight is 358 g/mol. The summed E-state index contributed by atoms with van der Waals surface area (Å²) in [6.45, 7) is 8.95. The maximum Gasteiger partial charge on any atom is 0.335 e. The second kappa shape index (κ2) is 6.53. The minimum absolute atomic E-state index is 0.328. The quantitative estimate of drug-likeness (QED) is 0.562. The molecule has 0 bridgehead atoms. The molecule has 0 aliphatic heterocycles. The van der Waals surface area contributed by atoms with Crippen LogP contribution in [0.5, 0.6) is 0 Å². The van der Waals surface area contributed by atoms with Crippen LogP contribution >= 0.6 is 0 Å². The van der Waals surface area contributed by atoms with Crippen molar-refractivity contribution in [3.05, 3.63) is 69.8 Å². The molecular formula is C25H26O2. The normalized spacial score (nSPS) is 16.4. The molecule has 2 heteroatoms. The molecule has 0 saturated carbocycles. The standard InChI is InChI=1S/C25H26O2/c1-14-6-5-7-20-12-22-17(4)24(16(3)15(2)23(22)13-21(14)20)18-8-10-19(11-9-18)25(26)27/h8-14H,5-7H2,1-4H3,(H,26,27). The third kappa shape index (κ3) is 2.84. The van der Waals surface area contributed by atoms with Crippen molar-refractivity contribution >= 4 is 16.7 Å². The van der Waals surface area contributed by atoms with Crippen LogP contribution in [0.15, 0.2) is 36.4 Å². The van der Waals surface area contributed by atoms with Crippen LogP contribution in [0.4, 0.5) is 0 Å². The van der Waals surface area contributed by atoms with Gasteiger partial charge in [-0.2, -0.15) is 0 Å². The molecule has 0 spiro atoms. The minimum atomic E-state index is -0.884. The summed E-state index contributed by atoms with van der Waals surface area (Å²) in [7, 11) is 0. The summed E-state index contributed by atoms with van der Waals surface area (Å²) >= 11 is 0. The molecular weight excluding hydrogens is 332 g/mol. The number of fused-ring (bicyclic) bond motifs is 2. The lowest BCUT2D eigenvalue weighted by Gasteiger charge is -2.25. The number of carbonyl (C=O) groups is 1. The number of rotatable bonds is 2. The third-order valence-electron chi connectivity index (χ3n) is 6.43. The zero-order chi connectivity index (χ0) is 19.3. The maximum absolute atomic E-state index is 11.2. The van der Waals surface area contributed by atoms with Crippen LogP contribution in [0.3, 0.4) is 0 Å². The molecule has 0 fully saturated rings. The summed E-state index contributed by atoms with van der Waals surface area (Å²) in [6, 6.07) is 12.1.